The average molecular weight is 354 g/mol. The van der Waals surface area contributed by atoms with Crippen molar-refractivity contribution in [2.75, 3.05) is 26.2 Å². The molecule has 1 amide bonds. The summed E-state index contributed by atoms with van der Waals surface area (Å²) in [4.78, 5) is 14.7. The molecule has 5 nitrogen and oxygen atoms in total. The van der Waals surface area contributed by atoms with Crippen LogP contribution in [0.3, 0.4) is 0 Å². The largest absolute Gasteiger partial charge is 0.444 e. The van der Waals surface area contributed by atoms with Gasteiger partial charge in [-0.15, -0.1) is 0 Å². The highest BCUT2D eigenvalue weighted by molar-refractivity contribution is 5.69. The molecule has 1 saturated carbocycles. The van der Waals surface area contributed by atoms with E-state index in [4.69, 9.17) is 4.74 Å². The lowest BCUT2D eigenvalue weighted by atomic mass is 9.76. The first-order valence-electron chi connectivity index (χ1n) is 10.2. The highest BCUT2D eigenvalue weighted by atomic mass is 16.6. The lowest BCUT2D eigenvalue weighted by Crippen LogP contribution is -2.61. The first-order valence-corrected chi connectivity index (χ1v) is 10.2. The normalized spacial score (nSPS) is 22.9. The topological polar surface area (TPSA) is 53.6 Å². The van der Waals surface area contributed by atoms with Crippen molar-refractivity contribution in [1.82, 2.24) is 15.5 Å². The van der Waals surface area contributed by atoms with Gasteiger partial charge in [-0.3, -0.25) is 0 Å². The van der Waals surface area contributed by atoms with Gasteiger partial charge in [-0.1, -0.05) is 6.92 Å². The van der Waals surface area contributed by atoms with Crippen molar-refractivity contribution in [3.05, 3.63) is 0 Å². The smallest absolute Gasteiger partial charge is 0.408 e. The lowest BCUT2D eigenvalue weighted by Gasteiger charge is -2.44. The SMILES string of the molecule is CCCN1CCC(C(C)NCC2(NC(=O)OC(C)(C)C)CCC2)CC1. The number of ether oxygens (including phenoxy) is 1. The van der Waals surface area contributed by atoms with Gasteiger partial charge in [0.05, 0.1) is 5.54 Å². The molecule has 2 N–H and O–H groups in total. The van der Waals surface area contributed by atoms with E-state index in [1.54, 1.807) is 0 Å². The van der Waals surface area contributed by atoms with Crippen LogP contribution < -0.4 is 10.6 Å². The first kappa shape index (κ1) is 20.5. The number of alkyl carbamates (subject to hydrolysis) is 1. The number of nitrogens with zero attached hydrogens (tertiary/aromatic N) is 1. The molecule has 0 aromatic carbocycles. The zero-order valence-corrected chi connectivity index (χ0v) is 17.0. The highest BCUT2D eigenvalue weighted by Gasteiger charge is 2.40. The van der Waals surface area contributed by atoms with E-state index in [9.17, 15) is 4.79 Å². The molecular formula is C20H39N3O2. The summed E-state index contributed by atoms with van der Waals surface area (Å²) in [6, 6.07) is 0.502. The van der Waals surface area contributed by atoms with Crippen molar-refractivity contribution >= 4 is 6.09 Å². The molecular weight excluding hydrogens is 314 g/mol. The van der Waals surface area contributed by atoms with Gasteiger partial charge >= 0.3 is 6.09 Å². The molecule has 1 unspecified atom stereocenters. The van der Waals surface area contributed by atoms with E-state index in [1.807, 2.05) is 20.8 Å². The third kappa shape index (κ3) is 6.45. The summed E-state index contributed by atoms with van der Waals surface area (Å²) in [5, 5.41) is 6.86. The van der Waals surface area contributed by atoms with Gasteiger partial charge in [0.1, 0.15) is 5.60 Å². The van der Waals surface area contributed by atoms with Crippen molar-refractivity contribution < 1.29 is 9.53 Å². The Balaban J connectivity index is 1.75. The van der Waals surface area contributed by atoms with Gasteiger partial charge in [-0.2, -0.15) is 0 Å². The number of carbonyl (C=O) groups excluding carboxylic acids is 1. The molecule has 0 radical (unpaired) electrons. The van der Waals surface area contributed by atoms with Crippen LogP contribution in [0.25, 0.3) is 0 Å². The third-order valence-corrected chi connectivity index (χ3v) is 5.72. The van der Waals surface area contributed by atoms with E-state index in [2.05, 4.69) is 29.4 Å². The molecule has 1 aliphatic carbocycles. The van der Waals surface area contributed by atoms with Gasteiger partial charge in [-0.05, 0) is 91.8 Å². The molecule has 0 aromatic heterocycles. The number of piperidine rings is 1. The Morgan fingerprint density at radius 1 is 1.28 bits per heavy atom. The lowest BCUT2D eigenvalue weighted by molar-refractivity contribution is 0.0374. The van der Waals surface area contributed by atoms with Gasteiger partial charge in [0.15, 0.2) is 0 Å². The van der Waals surface area contributed by atoms with E-state index >= 15 is 0 Å². The van der Waals surface area contributed by atoms with E-state index < -0.39 is 5.60 Å². The molecule has 0 aromatic rings. The summed E-state index contributed by atoms with van der Waals surface area (Å²) in [5.74, 6) is 0.742. The summed E-state index contributed by atoms with van der Waals surface area (Å²) < 4.78 is 5.44. The molecule has 5 heteroatoms. The summed E-state index contributed by atoms with van der Waals surface area (Å²) in [6.45, 7) is 14.8. The molecule has 0 bridgehead atoms. The second-order valence-electron chi connectivity index (χ2n) is 9.11. The minimum Gasteiger partial charge on any atom is -0.444 e. The molecule has 1 aliphatic heterocycles. The van der Waals surface area contributed by atoms with Crippen LogP contribution in [-0.4, -0.2) is 54.4 Å². The fourth-order valence-corrected chi connectivity index (χ4v) is 3.99. The Labute approximate surface area is 154 Å². The van der Waals surface area contributed by atoms with E-state index in [1.165, 1.54) is 45.3 Å². The minimum atomic E-state index is -0.442. The predicted molar refractivity (Wildman–Crippen MR) is 103 cm³/mol. The maximum Gasteiger partial charge on any atom is 0.408 e. The van der Waals surface area contributed by atoms with Crippen LogP contribution in [0, 0.1) is 5.92 Å². The van der Waals surface area contributed by atoms with Crippen molar-refractivity contribution in [3.63, 3.8) is 0 Å². The van der Waals surface area contributed by atoms with E-state index in [0.29, 0.717) is 6.04 Å². The zero-order valence-electron chi connectivity index (χ0n) is 17.0. The number of amides is 1. The van der Waals surface area contributed by atoms with Gasteiger partial charge in [0, 0.05) is 12.6 Å². The van der Waals surface area contributed by atoms with Crippen LogP contribution in [0.4, 0.5) is 4.79 Å². The molecule has 2 rings (SSSR count). The van der Waals surface area contributed by atoms with Crippen LogP contribution >= 0.6 is 0 Å². The van der Waals surface area contributed by atoms with Crippen LogP contribution in [0.5, 0.6) is 0 Å². The molecule has 1 heterocycles. The Bertz CT molecular complexity index is 421. The number of nitrogens with one attached hydrogen (secondary N) is 2. The quantitative estimate of drug-likeness (QED) is 0.735. The second kappa shape index (κ2) is 8.72. The first-order chi connectivity index (χ1) is 11.7. The number of hydrogen-bond acceptors (Lipinski definition) is 4. The standard InChI is InChI=1S/C20H39N3O2/c1-6-12-23-13-8-17(9-14-23)16(2)21-15-20(10-7-11-20)22-18(24)25-19(3,4)5/h16-17,21H,6-15H2,1-5H3,(H,22,24). The molecule has 0 spiro atoms. The summed E-state index contributed by atoms with van der Waals surface area (Å²) in [5.41, 5.74) is -0.554. The maximum absolute atomic E-state index is 12.1. The number of hydrogen-bond donors (Lipinski definition) is 2. The maximum atomic E-state index is 12.1. The zero-order chi connectivity index (χ0) is 18.5. The van der Waals surface area contributed by atoms with Crippen LogP contribution in [-0.2, 0) is 4.74 Å². The average Bonchev–Trinajstić information content (AvgIpc) is 2.48. The molecule has 25 heavy (non-hydrogen) atoms. The molecule has 1 saturated heterocycles. The minimum absolute atomic E-state index is 0.112. The Morgan fingerprint density at radius 2 is 1.92 bits per heavy atom. The Kier molecular flexibility index (Phi) is 7.15. The fraction of sp³-hybridized carbons (Fsp3) is 0.950. The van der Waals surface area contributed by atoms with E-state index in [0.717, 1.165) is 25.3 Å². The summed E-state index contributed by atoms with van der Waals surface area (Å²) >= 11 is 0. The molecule has 2 fully saturated rings. The summed E-state index contributed by atoms with van der Waals surface area (Å²) in [7, 11) is 0. The summed E-state index contributed by atoms with van der Waals surface area (Å²) in [6.07, 6.45) is 6.79. The fourth-order valence-electron chi connectivity index (χ4n) is 3.99. The highest BCUT2D eigenvalue weighted by Crippen LogP contribution is 2.32. The molecule has 146 valence electrons. The van der Waals surface area contributed by atoms with Crippen LogP contribution in [0.1, 0.15) is 73.1 Å². The number of rotatable bonds is 7. The number of carbonyl (C=O) groups is 1. The van der Waals surface area contributed by atoms with Gasteiger partial charge in [0.25, 0.3) is 0 Å². The Morgan fingerprint density at radius 3 is 2.40 bits per heavy atom. The number of likely N-dealkylation sites (tertiary alicyclic amines) is 1. The van der Waals surface area contributed by atoms with Crippen molar-refractivity contribution in [3.8, 4) is 0 Å². The molecule has 1 atom stereocenters. The second-order valence-corrected chi connectivity index (χ2v) is 9.11. The van der Waals surface area contributed by atoms with Crippen LogP contribution in [0.15, 0.2) is 0 Å². The Hall–Kier alpha value is -0.810. The van der Waals surface area contributed by atoms with E-state index in [-0.39, 0.29) is 11.6 Å². The van der Waals surface area contributed by atoms with Crippen LogP contribution in [0.2, 0.25) is 0 Å². The van der Waals surface area contributed by atoms with Gasteiger partial charge < -0.3 is 20.3 Å². The van der Waals surface area contributed by atoms with Gasteiger partial charge in [-0.25, -0.2) is 4.79 Å². The molecule has 2 aliphatic rings. The van der Waals surface area contributed by atoms with Crippen molar-refractivity contribution in [1.29, 1.82) is 0 Å². The predicted octanol–water partition coefficient (Wildman–Crippen LogP) is 3.53. The third-order valence-electron chi connectivity index (χ3n) is 5.72. The van der Waals surface area contributed by atoms with Gasteiger partial charge in [0.2, 0.25) is 0 Å². The van der Waals surface area contributed by atoms with Crippen molar-refractivity contribution in [2.24, 2.45) is 5.92 Å². The van der Waals surface area contributed by atoms with Crippen molar-refractivity contribution in [2.45, 2.75) is 90.3 Å². The monoisotopic (exact) mass is 353 g/mol.